The van der Waals surface area contributed by atoms with Crippen LogP contribution in [-0.2, 0) is 19.0 Å². The Morgan fingerprint density at radius 3 is 2.62 bits per heavy atom. The van der Waals surface area contributed by atoms with Crippen LogP contribution in [0.1, 0.15) is 0 Å². The van der Waals surface area contributed by atoms with Gasteiger partial charge < -0.3 is 24.4 Å². The average Bonchev–Trinajstić information content (AvgIpc) is 2.56. The summed E-state index contributed by atoms with van der Waals surface area (Å²) in [5, 5.41) is 18.7. The molecule has 2 saturated heterocycles. The number of methoxy groups -OCH3 is 1. The smallest absolute Gasteiger partial charge is 0.338 e. The highest BCUT2D eigenvalue weighted by Crippen LogP contribution is 2.31. The third kappa shape index (κ3) is 1.14. The van der Waals surface area contributed by atoms with Crippen molar-refractivity contribution in [2.75, 3.05) is 7.11 Å². The second-order valence-electron chi connectivity index (χ2n) is 3.04. The molecule has 0 aromatic rings. The van der Waals surface area contributed by atoms with Gasteiger partial charge in [-0.3, -0.25) is 0 Å². The lowest BCUT2D eigenvalue weighted by molar-refractivity contribution is -0.177. The summed E-state index contributed by atoms with van der Waals surface area (Å²) in [5.74, 6) is -0.761. The van der Waals surface area contributed by atoms with Crippen molar-refractivity contribution in [3.63, 3.8) is 0 Å². The van der Waals surface area contributed by atoms with Gasteiger partial charge in [0.25, 0.3) is 0 Å². The molecule has 0 aromatic heterocycles. The van der Waals surface area contributed by atoms with Crippen LogP contribution < -0.4 is 0 Å². The van der Waals surface area contributed by atoms with Gasteiger partial charge in [-0.1, -0.05) is 0 Å². The molecule has 6 nitrogen and oxygen atoms in total. The van der Waals surface area contributed by atoms with Gasteiger partial charge in [0.15, 0.2) is 18.5 Å². The Bertz CT molecular complexity index is 229. The zero-order valence-electron chi connectivity index (χ0n) is 6.91. The topological polar surface area (TPSA) is 85.2 Å². The van der Waals surface area contributed by atoms with Gasteiger partial charge in [0.05, 0.1) is 0 Å². The van der Waals surface area contributed by atoms with E-state index in [4.69, 9.17) is 14.2 Å². The molecule has 0 radical (unpaired) electrons. The Morgan fingerprint density at radius 1 is 1.38 bits per heavy atom. The minimum absolute atomic E-state index is 0.761. The molecular formula is C7H10O6. The normalized spacial score (nSPS) is 49.2. The van der Waals surface area contributed by atoms with Gasteiger partial charge in [-0.05, 0) is 0 Å². The first-order valence-electron chi connectivity index (χ1n) is 3.90. The molecule has 0 spiro atoms. The fourth-order valence-corrected chi connectivity index (χ4v) is 1.59. The molecule has 2 aliphatic heterocycles. The van der Waals surface area contributed by atoms with Crippen LogP contribution in [0, 0.1) is 0 Å². The quantitative estimate of drug-likeness (QED) is 0.465. The maximum Gasteiger partial charge on any atom is 0.338 e. The maximum absolute atomic E-state index is 10.8. The number of hydrogen-bond acceptors (Lipinski definition) is 6. The van der Waals surface area contributed by atoms with Crippen LogP contribution in [0.5, 0.6) is 0 Å². The molecule has 13 heavy (non-hydrogen) atoms. The number of rotatable bonds is 1. The zero-order chi connectivity index (χ0) is 9.59. The van der Waals surface area contributed by atoms with Crippen LogP contribution in [-0.4, -0.2) is 54.0 Å². The van der Waals surface area contributed by atoms with Crippen molar-refractivity contribution in [2.45, 2.75) is 30.7 Å². The van der Waals surface area contributed by atoms with Crippen molar-refractivity contribution in [1.29, 1.82) is 0 Å². The Kier molecular flexibility index (Phi) is 1.99. The Morgan fingerprint density at radius 2 is 2.08 bits per heavy atom. The summed E-state index contributed by atoms with van der Waals surface area (Å²) in [6.07, 6.45) is -4.81. The predicted octanol–water partition coefficient (Wildman–Crippen LogP) is -2.00. The highest BCUT2D eigenvalue weighted by Gasteiger charge is 2.56. The van der Waals surface area contributed by atoms with Crippen molar-refractivity contribution in [3.05, 3.63) is 0 Å². The van der Waals surface area contributed by atoms with Crippen molar-refractivity contribution < 1.29 is 29.2 Å². The van der Waals surface area contributed by atoms with Gasteiger partial charge in [-0.25, -0.2) is 4.79 Å². The maximum atomic E-state index is 10.8. The largest absolute Gasteiger partial charge is 0.454 e. The highest BCUT2D eigenvalue weighted by molar-refractivity contribution is 5.78. The Hall–Kier alpha value is -0.690. The lowest BCUT2D eigenvalue weighted by atomic mass is 10.1. The van der Waals surface area contributed by atoms with E-state index in [1.165, 1.54) is 7.11 Å². The fourth-order valence-electron chi connectivity index (χ4n) is 1.59. The molecule has 2 fully saturated rings. The Balaban J connectivity index is 2.14. The second kappa shape index (κ2) is 2.91. The van der Waals surface area contributed by atoms with E-state index in [-0.39, 0.29) is 0 Å². The van der Waals surface area contributed by atoms with E-state index in [1.54, 1.807) is 0 Å². The standard InChI is InChI=1S/C7H10O6/c1-11-7-3(9)5-4(13-7)2(8)6(10)12-5/h2-5,7-9H,1H3/t2-,3+,4-,5-,7?/m1/s1. The number of fused-ring (bicyclic) bond motifs is 1. The van der Waals surface area contributed by atoms with Crippen LogP contribution >= 0.6 is 0 Å². The van der Waals surface area contributed by atoms with Crippen LogP contribution in [0.3, 0.4) is 0 Å². The summed E-state index contributed by atoms with van der Waals surface area (Å²) in [5.41, 5.74) is 0. The molecule has 0 aliphatic carbocycles. The van der Waals surface area contributed by atoms with E-state index < -0.39 is 36.7 Å². The summed E-state index contributed by atoms with van der Waals surface area (Å²) in [6, 6.07) is 0. The minimum atomic E-state index is -1.32. The van der Waals surface area contributed by atoms with E-state index in [0.717, 1.165) is 0 Å². The Labute approximate surface area is 74.0 Å². The molecule has 0 saturated carbocycles. The van der Waals surface area contributed by atoms with E-state index in [0.29, 0.717) is 0 Å². The molecular weight excluding hydrogens is 180 g/mol. The summed E-state index contributed by atoms with van der Waals surface area (Å²) in [4.78, 5) is 10.8. The zero-order valence-corrected chi connectivity index (χ0v) is 6.91. The lowest BCUT2D eigenvalue weighted by Gasteiger charge is -2.14. The first-order chi connectivity index (χ1) is 6.15. The molecule has 74 valence electrons. The molecule has 0 bridgehead atoms. The third-order valence-corrected chi connectivity index (χ3v) is 2.27. The van der Waals surface area contributed by atoms with Crippen LogP contribution in [0.25, 0.3) is 0 Å². The minimum Gasteiger partial charge on any atom is -0.454 e. The molecule has 2 N–H and O–H groups in total. The summed E-state index contributed by atoms with van der Waals surface area (Å²) in [7, 11) is 1.36. The average molecular weight is 190 g/mol. The van der Waals surface area contributed by atoms with Crippen molar-refractivity contribution in [1.82, 2.24) is 0 Å². The molecule has 0 aromatic carbocycles. The van der Waals surface area contributed by atoms with Gasteiger partial charge in [0, 0.05) is 7.11 Å². The predicted molar refractivity (Wildman–Crippen MR) is 37.6 cm³/mol. The number of aliphatic hydroxyl groups is 2. The molecule has 2 aliphatic rings. The van der Waals surface area contributed by atoms with Gasteiger partial charge in [-0.15, -0.1) is 0 Å². The summed E-state index contributed by atoms with van der Waals surface area (Å²) in [6.45, 7) is 0. The van der Waals surface area contributed by atoms with E-state index in [2.05, 4.69) is 0 Å². The molecule has 5 atom stereocenters. The van der Waals surface area contributed by atoms with Crippen molar-refractivity contribution in [3.8, 4) is 0 Å². The van der Waals surface area contributed by atoms with Gasteiger partial charge >= 0.3 is 5.97 Å². The van der Waals surface area contributed by atoms with Crippen LogP contribution in [0.4, 0.5) is 0 Å². The number of hydrogen-bond donors (Lipinski definition) is 2. The fraction of sp³-hybridized carbons (Fsp3) is 0.857. The molecule has 1 unspecified atom stereocenters. The molecule has 0 amide bonds. The number of carbonyl (C=O) groups is 1. The van der Waals surface area contributed by atoms with Crippen LogP contribution in [0.2, 0.25) is 0 Å². The van der Waals surface area contributed by atoms with Crippen LogP contribution in [0.15, 0.2) is 0 Å². The van der Waals surface area contributed by atoms with Gasteiger partial charge in [0.2, 0.25) is 0 Å². The first kappa shape index (κ1) is 8.89. The third-order valence-electron chi connectivity index (χ3n) is 2.27. The lowest BCUT2D eigenvalue weighted by Crippen LogP contribution is -2.32. The van der Waals surface area contributed by atoms with Crippen molar-refractivity contribution >= 4 is 5.97 Å². The number of aliphatic hydroxyl groups excluding tert-OH is 2. The van der Waals surface area contributed by atoms with E-state index in [9.17, 15) is 15.0 Å². The number of ether oxygens (including phenoxy) is 3. The highest BCUT2D eigenvalue weighted by atomic mass is 16.7. The molecule has 2 heterocycles. The molecule has 6 heteroatoms. The van der Waals surface area contributed by atoms with Crippen molar-refractivity contribution in [2.24, 2.45) is 0 Å². The van der Waals surface area contributed by atoms with Gasteiger partial charge in [-0.2, -0.15) is 0 Å². The first-order valence-corrected chi connectivity index (χ1v) is 3.90. The monoisotopic (exact) mass is 190 g/mol. The van der Waals surface area contributed by atoms with Gasteiger partial charge in [0.1, 0.15) is 12.2 Å². The second-order valence-corrected chi connectivity index (χ2v) is 3.04. The molecule has 2 rings (SSSR count). The number of esters is 1. The number of carbonyl (C=O) groups excluding carboxylic acids is 1. The SMILES string of the molecule is COC1O[C@H]2[C@H](OC(=O)[C@@H]2O)[C@@H]1O. The summed E-state index contributed by atoms with van der Waals surface area (Å²) >= 11 is 0. The van der Waals surface area contributed by atoms with E-state index >= 15 is 0 Å². The van der Waals surface area contributed by atoms with E-state index in [1.807, 2.05) is 0 Å². The summed E-state index contributed by atoms with van der Waals surface area (Å²) < 4.78 is 14.5.